The predicted molar refractivity (Wildman–Crippen MR) is 109 cm³/mol. The number of H-pyrrole nitrogens is 1. The quantitative estimate of drug-likeness (QED) is 0.494. The molecule has 0 fully saturated rings. The average molecular weight is 457 g/mol. The number of anilines is 1. The van der Waals surface area contributed by atoms with E-state index in [9.17, 15) is 18.0 Å². The second kappa shape index (κ2) is 8.97. The molecule has 1 atom stereocenters. The third kappa shape index (κ3) is 5.25. The van der Waals surface area contributed by atoms with Crippen molar-refractivity contribution in [2.75, 3.05) is 12.4 Å². The number of alkyl halides is 3. The maximum atomic E-state index is 13.0. The van der Waals surface area contributed by atoms with Crippen LogP contribution in [0.25, 0.3) is 11.4 Å². The molecule has 3 rings (SSSR count). The minimum Gasteiger partial charge on any atom is -0.497 e. The van der Waals surface area contributed by atoms with Crippen molar-refractivity contribution in [3.8, 4) is 17.1 Å². The zero-order chi connectivity index (χ0) is 21.9. The molecule has 0 spiro atoms. The number of halogens is 4. The number of nitrogens with one attached hydrogen (secondary N) is 2. The van der Waals surface area contributed by atoms with Crippen molar-refractivity contribution in [1.82, 2.24) is 15.2 Å². The lowest BCUT2D eigenvalue weighted by molar-refractivity contribution is -0.137. The molecule has 11 heteroatoms. The van der Waals surface area contributed by atoms with Crippen LogP contribution >= 0.6 is 23.4 Å². The van der Waals surface area contributed by atoms with Crippen molar-refractivity contribution >= 4 is 35.0 Å². The van der Waals surface area contributed by atoms with Crippen LogP contribution in [0.3, 0.4) is 0 Å². The van der Waals surface area contributed by atoms with Crippen molar-refractivity contribution in [2.45, 2.75) is 23.5 Å². The normalized spacial score (nSPS) is 12.5. The summed E-state index contributed by atoms with van der Waals surface area (Å²) in [6.45, 7) is 1.60. The smallest absolute Gasteiger partial charge is 0.417 e. The Balaban J connectivity index is 1.66. The van der Waals surface area contributed by atoms with Gasteiger partial charge in [0.2, 0.25) is 11.1 Å². The van der Waals surface area contributed by atoms with Crippen molar-refractivity contribution < 1.29 is 22.7 Å². The van der Waals surface area contributed by atoms with E-state index in [0.717, 1.165) is 29.5 Å². The van der Waals surface area contributed by atoms with Crippen molar-refractivity contribution in [1.29, 1.82) is 0 Å². The standard InChI is InChI=1S/C19H16ClF3N4O2S/c1-10(17(28)24-12-5-8-15(20)14(9-12)19(21,22)23)30-18-25-16(26-27-18)11-3-6-13(29-2)7-4-11/h3-10H,1-2H3,(H,24,28)(H,25,26,27). The summed E-state index contributed by atoms with van der Waals surface area (Å²) in [5.41, 5.74) is -0.230. The van der Waals surface area contributed by atoms with Crippen LogP contribution in [0.1, 0.15) is 12.5 Å². The highest BCUT2D eigenvalue weighted by Crippen LogP contribution is 2.36. The summed E-state index contributed by atoms with van der Waals surface area (Å²) in [7, 11) is 1.57. The summed E-state index contributed by atoms with van der Waals surface area (Å²) < 4.78 is 44.0. The SMILES string of the molecule is COc1ccc(-c2nc(SC(C)C(=O)Nc3ccc(Cl)c(C(F)(F)F)c3)n[nH]2)cc1. The van der Waals surface area contributed by atoms with Gasteiger partial charge in [-0.05, 0) is 49.4 Å². The van der Waals surface area contributed by atoms with Crippen LogP contribution in [0.5, 0.6) is 5.75 Å². The number of carbonyl (C=O) groups excluding carboxylic acids is 1. The van der Waals surface area contributed by atoms with Gasteiger partial charge in [-0.15, -0.1) is 5.10 Å². The van der Waals surface area contributed by atoms with Gasteiger partial charge in [0, 0.05) is 11.3 Å². The highest BCUT2D eigenvalue weighted by molar-refractivity contribution is 8.00. The molecule has 0 aliphatic heterocycles. The molecule has 1 unspecified atom stereocenters. The van der Waals surface area contributed by atoms with Crippen LogP contribution in [0.4, 0.5) is 18.9 Å². The number of aromatic nitrogens is 3. The van der Waals surface area contributed by atoms with Crippen LogP contribution in [0.2, 0.25) is 5.02 Å². The highest BCUT2D eigenvalue weighted by atomic mass is 35.5. The fourth-order valence-corrected chi connectivity index (χ4v) is 3.40. The lowest BCUT2D eigenvalue weighted by Crippen LogP contribution is -2.22. The number of aromatic amines is 1. The molecule has 6 nitrogen and oxygen atoms in total. The maximum absolute atomic E-state index is 13.0. The van der Waals surface area contributed by atoms with E-state index in [1.165, 1.54) is 6.07 Å². The highest BCUT2D eigenvalue weighted by Gasteiger charge is 2.33. The van der Waals surface area contributed by atoms with E-state index in [1.807, 2.05) is 12.1 Å². The van der Waals surface area contributed by atoms with E-state index >= 15 is 0 Å². The molecule has 2 N–H and O–H groups in total. The molecule has 30 heavy (non-hydrogen) atoms. The van der Waals surface area contributed by atoms with Gasteiger partial charge in [-0.25, -0.2) is 4.98 Å². The Bertz CT molecular complexity index is 1040. The van der Waals surface area contributed by atoms with Crippen LogP contribution < -0.4 is 10.1 Å². The Morgan fingerprint density at radius 3 is 2.57 bits per heavy atom. The largest absolute Gasteiger partial charge is 0.497 e. The van der Waals surface area contributed by atoms with Gasteiger partial charge in [-0.2, -0.15) is 13.2 Å². The molecule has 3 aromatic rings. The topological polar surface area (TPSA) is 79.9 Å². The van der Waals surface area contributed by atoms with E-state index in [1.54, 1.807) is 26.2 Å². The van der Waals surface area contributed by atoms with Gasteiger partial charge in [0.25, 0.3) is 0 Å². The van der Waals surface area contributed by atoms with Gasteiger partial charge in [0.15, 0.2) is 5.82 Å². The average Bonchev–Trinajstić information content (AvgIpc) is 3.17. The van der Waals surface area contributed by atoms with Crippen molar-refractivity contribution in [2.24, 2.45) is 0 Å². The van der Waals surface area contributed by atoms with E-state index < -0.39 is 27.9 Å². The number of methoxy groups -OCH3 is 1. The third-order valence-electron chi connectivity index (χ3n) is 4.02. The molecule has 0 saturated carbocycles. The third-order valence-corrected chi connectivity index (χ3v) is 5.31. The summed E-state index contributed by atoms with van der Waals surface area (Å²) in [5.74, 6) is 0.723. The minimum atomic E-state index is -4.62. The predicted octanol–water partition coefficient (Wildman–Crippen LogP) is 5.27. The number of amides is 1. The number of ether oxygens (including phenoxy) is 1. The summed E-state index contributed by atoms with van der Waals surface area (Å²) in [6.07, 6.45) is -4.62. The van der Waals surface area contributed by atoms with Crippen LogP contribution in [-0.2, 0) is 11.0 Å². The first-order valence-corrected chi connectivity index (χ1v) is 9.84. The van der Waals surface area contributed by atoms with Crippen LogP contribution in [0.15, 0.2) is 47.6 Å². The zero-order valence-corrected chi connectivity index (χ0v) is 17.3. The van der Waals surface area contributed by atoms with Crippen LogP contribution in [-0.4, -0.2) is 33.4 Å². The fourth-order valence-electron chi connectivity index (χ4n) is 2.45. The van der Waals surface area contributed by atoms with E-state index in [-0.39, 0.29) is 5.69 Å². The monoisotopic (exact) mass is 456 g/mol. The summed E-state index contributed by atoms with van der Waals surface area (Å²) in [4.78, 5) is 16.7. The number of hydrogen-bond donors (Lipinski definition) is 2. The van der Waals surface area contributed by atoms with Gasteiger partial charge in [0.05, 0.1) is 22.9 Å². The van der Waals surface area contributed by atoms with Gasteiger partial charge >= 0.3 is 6.18 Å². The fraction of sp³-hybridized carbons (Fsp3) is 0.211. The summed E-state index contributed by atoms with van der Waals surface area (Å²) >= 11 is 6.66. The zero-order valence-electron chi connectivity index (χ0n) is 15.7. The van der Waals surface area contributed by atoms with Crippen molar-refractivity contribution in [3.63, 3.8) is 0 Å². The lowest BCUT2D eigenvalue weighted by Gasteiger charge is -2.13. The number of carbonyl (C=O) groups is 1. The van der Waals surface area contributed by atoms with Crippen LogP contribution in [0, 0.1) is 0 Å². The Hall–Kier alpha value is -2.72. The first kappa shape index (κ1) is 22.0. The molecular formula is C19H16ClF3N4O2S. The number of benzene rings is 2. The Labute approximate surface area is 179 Å². The lowest BCUT2D eigenvalue weighted by atomic mass is 10.2. The molecule has 2 aromatic carbocycles. The van der Waals surface area contributed by atoms with E-state index in [4.69, 9.17) is 16.3 Å². The number of hydrogen-bond acceptors (Lipinski definition) is 5. The summed E-state index contributed by atoms with van der Waals surface area (Å²) in [5, 5.41) is 8.55. The molecule has 0 bridgehead atoms. The first-order chi connectivity index (χ1) is 14.2. The van der Waals surface area contributed by atoms with E-state index in [2.05, 4.69) is 20.5 Å². The Kier molecular flexibility index (Phi) is 6.57. The molecule has 0 saturated heterocycles. The van der Waals surface area contributed by atoms with Gasteiger partial charge in [0.1, 0.15) is 5.75 Å². The molecule has 0 aliphatic rings. The second-order valence-electron chi connectivity index (χ2n) is 6.14. The number of thioether (sulfide) groups is 1. The molecule has 158 valence electrons. The Morgan fingerprint density at radius 1 is 1.23 bits per heavy atom. The first-order valence-electron chi connectivity index (χ1n) is 8.58. The second-order valence-corrected chi connectivity index (χ2v) is 7.85. The van der Waals surface area contributed by atoms with Gasteiger partial charge < -0.3 is 10.1 Å². The minimum absolute atomic E-state index is 0.00177. The number of rotatable bonds is 6. The molecule has 1 heterocycles. The summed E-state index contributed by atoms with van der Waals surface area (Å²) in [6, 6.07) is 10.4. The molecule has 0 radical (unpaired) electrons. The molecule has 1 amide bonds. The molecule has 0 aliphatic carbocycles. The molecular weight excluding hydrogens is 441 g/mol. The number of nitrogens with zero attached hydrogens (tertiary/aromatic N) is 2. The maximum Gasteiger partial charge on any atom is 0.417 e. The Morgan fingerprint density at radius 2 is 1.93 bits per heavy atom. The van der Waals surface area contributed by atoms with E-state index in [0.29, 0.717) is 16.7 Å². The molecule has 1 aromatic heterocycles. The van der Waals surface area contributed by atoms with Gasteiger partial charge in [-0.1, -0.05) is 23.4 Å². The van der Waals surface area contributed by atoms with Gasteiger partial charge in [-0.3, -0.25) is 9.89 Å². The van der Waals surface area contributed by atoms with Crippen molar-refractivity contribution in [3.05, 3.63) is 53.1 Å².